The van der Waals surface area contributed by atoms with Gasteiger partial charge < -0.3 is 14.7 Å². The van der Waals surface area contributed by atoms with E-state index in [9.17, 15) is 14.7 Å². The van der Waals surface area contributed by atoms with Crippen LogP contribution in [0.3, 0.4) is 0 Å². The molecule has 2 saturated carbocycles. The Bertz CT molecular complexity index is 714. The summed E-state index contributed by atoms with van der Waals surface area (Å²) < 4.78 is 5.28. The zero-order valence-corrected chi connectivity index (χ0v) is 15.8. The summed E-state index contributed by atoms with van der Waals surface area (Å²) in [6, 6.07) is 8.07. The Morgan fingerprint density at radius 2 is 1.81 bits per heavy atom. The van der Waals surface area contributed by atoms with Crippen molar-refractivity contribution in [3.63, 3.8) is 0 Å². The van der Waals surface area contributed by atoms with Crippen molar-refractivity contribution in [3.8, 4) is 5.75 Å². The predicted molar refractivity (Wildman–Crippen MR) is 100 cm³/mol. The molecule has 3 fully saturated rings. The number of hydrogen-bond donors (Lipinski definition) is 1. The Morgan fingerprint density at radius 3 is 2.48 bits per heavy atom. The van der Waals surface area contributed by atoms with Gasteiger partial charge in [-0.1, -0.05) is 12.1 Å². The molecule has 1 aliphatic heterocycles. The number of aliphatic carboxylic acids is 1. The number of nitrogens with zero attached hydrogens (tertiary/aromatic N) is 2. The lowest BCUT2D eigenvalue weighted by Crippen LogP contribution is -2.52. The van der Waals surface area contributed by atoms with E-state index >= 15 is 0 Å². The molecule has 1 saturated heterocycles. The van der Waals surface area contributed by atoms with Gasteiger partial charge in [0.25, 0.3) is 0 Å². The van der Waals surface area contributed by atoms with E-state index in [1.807, 2.05) is 23.1 Å². The number of carboxylic acids is 1. The minimum Gasteiger partial charge on any atom is -0.497 e. The second-order valence-corrected chi connectivity index (χ2v) is 8.18. The molecule has 4 atom stereocenters. The summed E-state index contributed by atoms with van der Waals surface area (Å²) >= 11 is 0. The number of piperazine rings is 1. The van der Waals surface area contributed by atoms with Crippen LogP contribution in [0.25, 0.3) is 0 Å². The summed E-state index contributed by atoms with van der Waals surface area (Å²) in [6.45, 7) is 3.85. The van der Waals surface area contributed by atoms with Gasteiger partial charge in [0.1, 0.15) is 5.75 Å². The van der Waals surface area contributed by atoms with Gasteiger partial charge in [-0.15, -0.1) is 0 Å². The first-order valence-electron chi connectivity index (χ1n) is 9.93. The largest absolute Gasteiger partial charge is 0.497 e. The van der Waals surface area contributed by atoms with Crippen molar-refractivity contribution >= 4 is 11.9 Å². The Morgan fingerprint density at radius 1 is 1.11 bits per heavy atom. The monoisotopic (exact) mass is 372 g/mol. The predicted octanol–water partition coefficient (Wildman–Crippen LogP) is 2.09. The van der Waals surface area contributed by atoms with Crippen LogP contribution in [0.4, 0.5) is 0 Å². The first-order valence-corrected chi connectivity index (χ1v) is 9.93. The quantitative estimate of drug-likeness (QED) is 0.857. The molecule has 3 aliphatic rings. The van der Waals surface area contributed by atoms with Crippen LogP contribution in [-0.2, 0) is 16.1 Å². The molecule has 1 N–H and O–H groups in total. The molecule has 27 heavy (non-hydrogen) atoms. The zero-order chi connectivity index (χ0) is 19.0. The van der Waals surface area contributed by atoms with E-state index in [-0.39, 0.29) is 23.7 Å². The lowest BCUT2D eigenvalue weighted by atomic mass is 9.78. The maximum absolute atomic E-state index is 13.1. The topological polar surface area (TPSA) is 70.1 Å². The van der Waals surface area contributed by atoms with Crippen LogP contribution >= 0.6 is 0 Å². The molecule has 1 aromatic rings. The standard InChI is InChI=1S/C21H28N2O4/c1-27-17-4-2-3-14(11-17)13-22-7-9-23(10-8-22)20(24)18-15-5-6-16(12-15)19(18)21(25)26/h2-4,11,15-16,18-19H,5-10,12-13H2,1H3,(H,25,26)/t15-,16-,18+,19+/m0/s1. The van der Waals surface area contributed by atoms with Crippen molar-refractivity contribution < 1.29 is 19.4 Å². The molecule has 0 aromatic heterocycles. The van der Waals surface area contributed by atoms with Crippen molar-refractivity contribution in [1.29, 1.82) is 0 Å². The fourth-order valence-electron chi connectivity index (χ4n) is 5.37. The number of benzene rings is 1. The van der Waals surface area contributed by atoms with Gasteiger partial charge in [-0.25, -0.2) is 0 Å². The van der Waals surface area contributed by atoms with Gasteiger partial charge in [-0.2, -0.15) is 0 Å². The summed E-state index contributed by atoms with van der Waals surface area (Å²) in [7, 11) is 1.67. The Hall–Kier alpha value is -2.08. The highest BCUT2D eigenvalue weighted by molar-refractivity contribution is 5.86. The highest BCUT2D eigenvalue weighted by Gasteiger charge is 2.54. The summed E-state index contributed by atoms with van der Waals surface area (Å²) in [6.07, 6.45) is 2.91. The van der Waals surface area contributed by atoms with Crippen molar-refractivity contribution in [3.05, 3.63) is 29.8 Å². The number of ether oxygens (including phenoxy) is 1. The fourth-order valence-corrected chi connectivity index (χ4v) is 5.37. The Balaban J connectivity index is 1.35. The third kappa shape index (κ3) is 3.55. The van der Waals surface area contributed by atoms with Crippen LogP contribution in [0.2, 0.25) is 0 Å². The molecule has 1 amide bonds. The summed E-state index contributed by atoms with van der Waals surface area (Å²) in [5, 5.41) is 9.61. The van der Waals surface area contributed by atoms with E-state index in [1.54, 1.807) is 7.11 Å². The molecule has 0 spiro atoms. The SMILES string of the molecule is COc1cccc(CN2CCN(C(=O)[C@@H]3[C@H]4CC[C@@H](C4)[C@H]3C(=O)O)CC2)c1. The number of carbonyl (C=O) groups excluding carboxylic acids is 1. The molecular formula is C21H28N2O4. The van der Waals surface area contributed by atoms with Crippen LogP contribution in [0.5, 0.6) is 5.75 Å². The summed E-state index contributed by atoms with van der Waals surface area (Å²) in [4.78, 5) is 29.0. The zero-order valence-electron chi connectivity index (χ0n) is 15.8. The minimum absolute atomic E-state index is 0.0793. The van der Waals surface area contributed by atoms with Gasteiger partial charge in [0.05, 0.1) is 18.9 Å². The number of hydrogen-bond acceptors (Lipinski definition) is 4. The first-order chi connectivity index (χ1) is 13.1. The van der Waals surface area contributed by atoms with E-state index in [0.29, 0.717) is 13.1 Å². The number of carbonyl (C=O) groups is 2. The average molecular weight is 372 g/mol. The van der Waals surface area contributed by atoms with Crippen molar-refractivity contribution in [2.24, 2.45) is 23.7 Å². The third-order valence-corrected chi connectivity index (χ3v) is 6.71. The summed E-state index contributed by atoms with van der Waals surface area (Å²) in [5.74, 6) is -0.128. The molecule has 1 heterocycles. The third-order valence-electron chi connectivity index (χ3n) is 6.71. The van der Waals surface area contributed by atoms with Crippen LogP contribution < -0.4 is 4.74 Å². The molecule has 4 rings (SSSR count). The van der Waals surface area contributed by atoms with Crippen LogP contribution in [0, 0.1) is 23.7 Å². The smallest absolute Gasteiger partial charge is 0.307 e. The molecule has 6 nitrogen and oxygen atoms in total. The van der Waals surface area contributed by atoms with Crippen molar-refractivity contribution in [1.82, 2.24) is 9.80 Å². The van der Waals surface area contributed by atoms with Gasteiger partial charge in [0.2, 0.25) is 5.91 Å². The van der Waals surface area contributed by atoms with E-state index in [1.165, 1.54) is 5.56 Å². The van der Waals surface area contributed by atoms with Gasteiger partial charge >= 0.3 is 5.97 Å². The molecule has 2 aliphatic carbocycles. The van der Waals surface area contributed by atoms with Crippen LogP contribution in [0.1, 0.15) is 24.8 Å². The highest BCUT2D eigenvalue weighted by Crippen LogP contribution is 2.53. The van der Waals surface area contributed by atoms with Gasteiger partial charge in [0, 0.05) is 32.7 Å². The lowest BCUT2D eigenvalue weighted by molar-refractivity contribution is -0.153. The normalized spacial score (nSPS) is 30.5. The van der Waals surface area contributed by atoms with Gasteiger partial charge in [-0.05, 0) is 48.8 Å². The molecule has 1 aromatic carbocycles. The summed E-state index contributed by atoms with van der Waals surface area (Å²) in [5.41, 5.74) is 1.20. The van der Waals surface area contributed by atoms with Crippen LogP contribution in [-0.4, -0.2) is 60.1 Å². The first kappa shape index (κ1) is 18.3. The maximum atomic E-state index is 13.1. The van der Waals surface area contributed by atoms with Gasteiger partial charge in [-0.3, -0.25) is 14.5 Å². The number of methoxy groups -OCH3 is 1. The average Bonchev–Trinajstić information content (AvgIpc) is 3.29. The number of rotatable bonds is 5. The van der Waals surface area contributed by atoms with E-state index in [2.05, 4.69) is 11.0 Å². The second-order valence-electron chi connectivity index (χ2n) is 8.18. The minimum atomic E-state index is -0.780. The second kappa shape index (κ2) is 7.50. The molecule has 0 unspecified atom stereocenters. The maximum Gasteiger partial charge on any atom is 0.307 e. The number of fused-ring (bicyclic) bond motifs is 2. The molecule has 6 heteroatoms. The number of carboxylic acid groups (broad SMARTS) is 1. The van der Waals surface area contributed by atoms with E-state index < -0.39 is 11.9 Å². The Kier molecular flexibility index (Phi) is 5.08. The van der Waals surface area contributed by atoms with Crippen molar-refractivity contribution in [2.75, 3.05) is 33.3 Å². The number of amides is 1. The molecule has 2 bridgehead atoms. The Labute approximate surface area is 160 Å². The lowest BCUT2D eigenvalue weighted by Gasteiger charge is -2.38. The van der Waals surface area contributed by atoms with Gasteiger partial charge in [0.15, 0.2) is 0 Å². The molecule has 146 valence electrons. The molecular weight excluding hydrogens is 344 g/mol. The van der Waals surface area contributed by atoms with Crippen LogP contribution in [0.15, 0.2) is 24.3 Å². The van der Waals surface area contributed by atoms with Crippen molar-refractivity contribution in [2.45, 2.75) is 25.8 Å². The van der Waals surface area contributed by atoms with E-state index in [0.717, 1.165) is 44.6 Å². The molecule has 0 radical (unpaired) electrons. The highest BCUT2D eigenvalue weighted by atomic mass is 16.5. The fraction of sp³-hybridized carbons (Fsp3) is 0.619. The van der Waals surface area contributed by atoms with E-state index in [4.69, 9.17) is 4.74 Å².